The van der Waals surface area contributed by atoms with Crippen LogP contribution in [0.1, 0.15) is 37.6 Å². The van der Waals surface area contributed by atoms with E-state index in [1.54, 1.807) is 13.1 Å². The minimum Gasteiger partial charge on any atom is -0.364 e. The molecule has 0 saturated carbocycles. The van der Waals surface area contributed by atoms with E-state index in [0.717, 1.165) is 18.9 Å². The van der Waals surface area contributed by atoms with Crippen LogP contribution in [0.2, 0.25) is 0 Å². The molecular formula is C22H34IN5O3S. The van der Waals surface area contributed by atoms with Crippen molar-refractivity contribution in [2.24, 2.45) is 4.99 Å². The number of rotatable bonds is 6. The minimum atomic E-state index is -3.41. The lowest BCUT2D eigenvalue weighted by atomic mass is 9.86. The fourth-order valence-electron chi connectivity index (χ4n) is 3.59. The highest BCUT2D eigenvalue weighted by molar-refractivity contribution is 14.0. The van der Waals surface area contributed by atoms with E-state index in [4.69, 9.17) is 4.52 Å². The van der Waals surface area contributed by atoms with Crippen molar-refractivity contribution < 1.29 is 12.9 Å². The molecule has 0 spiro atoms. The van der Waals surface area contributed by atoms with Crippen LogP contribution in [0.5, 0.6) is 0 Å². The van der Waals surface area contributed by atoms with Crippen LogP contribution in [0.3, 0.4) is 0 Å². The third kappa shape index (κ3) is 7.17. The largest absolute Gasteiger partial charge is 0.364 e. The quantitative estimate of drug-likeness (QED) is 0.324. The summed E-state index contributed by atoms with van der Waals surface area (Å²) in [6.45, 7) is 9.46. The minimum absolute atomic E-state index is 0. The molecule has 32 heavy (non-hydrogen) atoms. The topological polar surface area (TPSA) is 91.0 Å². The maximum absolute atomic E-state index is 12.6. The van der Waals surface area contributed by atoms with Crippen LogP contribution < -0.4 is 5.32 Å². The number of halogens is 1. The van der Waals surface area contributed by atoms with Crippen molar-refractivity contribution in [3.8, 4) is 0 Å². The molecule has 1 aromatic carbocycles. The zero-order valence-electron chi connectivity index (χ0n) is 19.2. The van der Waals surface area contributed by atoms with E-state index in [2.05, 4.69) is 65.4 Å². The van der Waals surface area contributed by atoms with Crippen molar-refractivity contribution in [1.82, 2.24) is 19.7 Å². The third-order valence-corrected chi connectivity index (χ3v) is 7.29. The van der Waals surface area contributed by atoms with Gasteiger partial charge < -0.3 is 14.7 Å². The van der Waals surface area contributed by atoms with E-state index in [-0.39, 0.29) is 35.1 Å². The van der Waals surface area contributed by atoms with Gasteiger partial charge in [-0.2, -0.15) is 4.31 Å². The normalized spacial score (nSPS) is 16.0. The summed E-state index contributed by atoms with van der Waals surface area (Å²) in [7, 11) is -1.65. The van der Waals surface area contributed by atoms with E-state index >= 15 is 0 Å². The maximum Gasteiger partial charge on any atom is 0.220 e. The lowest BCUT2D eigenvalue weighted by Gasteiger charge is -2.35. The molecule has 1 fully saturated rings. The summed E-state index contributed by atoms with van der Waals surface area (Å²) in [5.41, 5.74) is 3.19. The van der Waals surface area contributed by atoms with Crippen molar-refractivity contribution in [3.05, 3.63) is 53.4 Å². The Balaban J connectivity index is 0.00000363. The average molecular weight is 576 g/mol. The molecule has 2 heterocycles. The van der Waals surface area contributed by atoms with Gasteiger partial charge in [0.15, 0.2) is 5.96 Å². The summed E-state index contributed by atoms with van der Waals surface area (Å²) in [6, 6.07) is 10.3. The van der Waals surface area contributed by atoms with E-state index in [0.29, 0.717) is 31.9 Å². The highest BCUT2D eigenvalue weighted by Crippen LogP contribution is 2.22. The second-order valence-electron chi connectivity index (χ2n) is 8.80. The van der Waals surface area contributed by atoms with Gasteiger partial charge in [0.25, 0.3) is 0 Å². The van der Waals surface area contributed by atoms with E-state index in [1.807, 2.05) is 0 Å². The monoisotopic (exact) mass is 575 g/mol. The Morgan fingerprint density at radius 1 is 1.12 bits per heavy atom. The lowest BCUT2D eigenvalue weighted by Crippen LogP contribution is -2.54. The highest BCUT2D eigenvalue weighted by atomic mass is 127. The molecule has 0 bridgehead atoms. The lowest BCUT2D eigenvalue weighted by molar-refractivity contribution is 0.260. The third-order valence-electron chi connectivity index (χ3n) is 5.48. The first-order valence-electron chi connectivity index (χ1n) is 10.6. The van der Waals surface area contributed by atoms with E-state index in [1.165, 1.54) is 21.7 Å². The number of hydrogen-bond donors (Lipinski definition) is 1. The van der Waals surface area contributed by atoms with Crippen molar-refractivity contribution in [1.29, 1.82) is 0 Å². The van der Waals surface area contributed by atoms with Gasteiger partial charge in [-0.3, -0.25) is 4.99 Å². The molecule has 178 valence electrons. The molecule has 1 aliphatic heterocycles. The van der Waals surface area contributed by atoms with E-state index < -0.39 is 10.0 Å². The van der Waals surface area contributed by atoms with Gasteiger partial charge in [-0.05, 0) is 23.0 Å². The molecule has 10 heteroatoms. The molecular weight excluding hydrogens is 541 g/mol. The zero-order valence-corrected chi connectivity index (χ0v) is 22.4. The van der Waals surface area contributed by atoms with Crippen LogP contribution in [0.4, 0.5) is 0 Å². The summed E-state index contributed by atoms with van der Waals surface area (Å²) in [6.07, 6.45) is 2.28. The summed E-state index contributed by atoms with van der Waals surface area (Å²) in [5.74, 6) is 0.671. The van der Waals surface area contributed by atoms with Gasteiger partial charge in [0.1, 0.15) is 12.0 Å². The van der Waals surface area contributed by atoms with Crippen LogP contribution in [-0.4, -0.2) is 68.5 Å². The molecule has 1 N–H and O–H groups in total. The number of nitrogens with one attached hydrogen (secondary N) is 1. The van der Waals surface area contributed by atoms with Crippen LogP contribution in [-0.2, 0) is 27.6 Å². The fraction of sp³-hybridized carbons (Fsp3) is 0.545. The van der Waals surface area contributed by atoms with Gasteiger partial charge in [-0.25, -0.2) is 8.42 Å². The molecule has 1 aliphatic rings. The van der Waals surface area contributed by atoms with E-state index in [9.17, 15) is 8.42 Å². The molecule has 0 unspecified atom stereocenters. The van der Waals surface area contributed by atoms with Crippen LogP contribution in [0.25, 0.3) is 0 Å². The predicted octanol–water partition coefficient (Wildman–Crippen LogP) is 2.86. The first-order chi connectivity index (χ1) is 14.7. The van der Waals surface area contributed by atoms with Gasteiger partial charge in [0.05, 0.1) is 5.69 Å². The Labute approximate surface area is 208 Å². The number of nitrogens with zero attached hydrogens (tertiary/aromatic N) is 4. The molecule has 3 rings (SSSR count). The number of benzene rings is 1. The smallest absolute Gasteiger partial charge is 0.220 e. The second kappa shape index (κ2) is 11.5. The molecule has 1 aromatic heterocycles. The van der Waals surface area contributed by atoms with Crippen LogP contribution >= 0.6 is 24.0 Å². The first-order valence-corrected chi connectivity index (χ1v) is 12.2. The molecule has 2 aromatic rings. The second-order valence-corrected chi connectivity index (χ2v) is 10.8. The standard InChI is InChI=1S/C22H33N5O3S.HI/c1-22(2,3)19-7-5-18(6-8-19)9-11-24-21(23-4)26-12-14-27(15-13-26)31(28,29)17-20-10-16-30-25-20;/h5-8,10,16H,9,11-15,17H2,1-4H3,(H,23,24);1H. The SMILES string of the molecule is CN=C(NCCc1ccc(C(C)(C)C)cc1)N1CCN(S(=O)(=O)Cc2ccon2)CC1.I. The zero-order chi connectivity index (χ0) is 22.5. The van der Waals surface area contributed by atoms with Crippen LogP contribution in [0, 0.1) is 0 Å². The number of guanidine groups is 1. The first kappa shape index (κ1) is 26.6. The van der Waals surface area contributed by atoms with Gasteiger partial charge in [0, 0.05) is 45.8 Å². The highest BCUT2D eigenvalue weighted by Gasteiger charge is 2.28. The Morgan fingerprint density at radius 3 is 2.31 bits per heavy atom. The Bertz CT molecular complexity index is 962. The Hall–Kier alpha value is -1.66. The molecule has 1 saturated heterocycles. The van der Waals surface area contributed by atoms with Crippen molar-refractivity contribution >= 4 is 40.0 Å². The van der Waals surface area contributed by atoms with Crippen molar-refractivity contribution in [2.45, 2.75) is 38.4 Å². The number of hydrogen-bond acceptors (Lipinski definition) is 5. The fourth-order valence-corrected chi connectivity index (χ4v) is 5.02. The number of aromatic nitrogens is 1. The number of aliphatic imine (C=N–C) groups is 1. The van der Waals surface area contributed by atoms with Gasteiger partial charge in [-0.1, -0.05) is 50.2 Å². The molecule has 8 nitrogen and oxygen atoms in total. The number of sulfonamides is 1. The van der Waals surface area contributed by atoms with Gasteiger partial charge in [0.2, 0.25) is 10.0 Å². The van der Waals surface area contributed by atoms with Crippen molar-refractivity contribution in [2.75, 3.05) is 39.8 Å². The van der Waals surface area contributed by atoms with Crippen LogP contribution in [0.15, 0.2) is 46.1 Å². The Morgan fingerprint density at radius 2 is 1.78 bits per heavy atom. The molecule has 0 amide bonds. The Kier molecular flexibility index (Phi) is 9.53. The predicted molar refractivity (Wildman–Crippen MR) is 138 cm³/mol. The van der Waals surface area contributed by atoms with Crippen molar-refractivity contribution in [3.63, 3.8) is 0 Å². The molecule has 0 aliphatic carbocycles. The average Bonchev–Trinajstić information content (AvgIpc) is 3.23. The van der Waals surface area contributed by atoms with Gasteiger partial charge in [-0.15, -0.1) is 24.0 Å². The van der Waals surface area contributed by atoms with Gasteiger partial charge >= 0.3 is 0 Å². The number of piperazine rings is 1. The maximum atomic E-state index is 12.6. The summed E-state index contributed by atoms with van der Waals surface area (Å²) >= 11 is 0. The summed E-state index contributed by atoms with van der Waals surface area (Å²) in [4.78, 5) is 6.48. The summed E-state index contributed by atoms with van der Waals surface area (Å²) < 4.78 is 31.4. The molecule has 0 atom stereocenters. The molecule has 0 radical (unpaired) electrons. The summed E-state index contributed by atoms with van der Waals surface area (Å²) in [5, 5.41) is 7.12.